The maximum atomic E-state index is 10.3. The molecule has 2 atom stereocenters. The predicted octanol–water partition coefficient (Wildman–Crippen LogP) is 2.21. The van der Waals surface area contributed by atoms with Gasteiger partial charge in [-0.3, -0.25) is 0 Å². The molecule has 0 aromatic heterocycles. The molecular formula is C16H28N2O. The van der Waals surface area contributed by atoms with Gasteiger partial charge in [-0.05, 0) is 58.1 Å². The first-order valence-electron chi connectivity index (χ1n) is 7.19. The highest BCUT2D eigenvalue weighted by Crippen LogP contribution is 2.17. The molecule has 0 radical (unpaired) electrons. The smallest absolute Gasteiger partial charge is 0.0940 e. The van der Waals surface area contributed by atoms with E-state index in [1.807, 2.05) is 19.1 Å². The number of benzene rings is 1. The molecule has 1 aromatic carbocycles. The molecular weight excluding hydrogens is 236 g/mol. The quantitative estimate of drug-likeness (QED) is 0.707. The van der Waals surface area contributed by atoms with E-state index in [0.29, 0.717) is 0 Å². The minimum Gasteiger partial charge on any atom is -0.387 e. The van der Waals surface area contributed by atoms with Crippen LogP contribution in [0.2, 0.25) is 0 Å². The van der Waals surface area contributed by atoms with Crippen LogP contribution in [0, 0.1) is 0 Å². The molecule has 0 aliphatic carbocycles. The van der Waals surface area contributed by atoms with Gasteiger partial charge in [0.05, 0.1) is 6.10 Å². The summed E-state index contributed by atoms with van der Waals surface area (Å²) < 4.78 is 0. The second kappa shape index (κ2) is 8.31. The van der Waals surface area contributed by atoms with Gasteiger partial charge in [0.15, 0.2) is 0 Å². The molecule has 0 aliphatic heterocycles. The molecule has 0 amide bonds. The summed E-state index contributed by atoms with van der Waals surface area (Å²) in [7, 11) is 4.15. The van der Waals surface area contributed by atoms with Crippen molar-refractivity contribution in [3.05, 3.63) is 35.4 Å². The lowest BCUT2D eigenvalue weighted by Gasteiger charge is -2.21. The van der Waals surface area contributed by atoms with Crippen LogP contribution in [0.25, 0.3) is 0 Å². The Bertz CT molecular complexity index is 348. The fourth-order valence-electron chi connectivity index (χ4n) is 2.08. The largest absolute Gasteiger partial charge is 0.387 e. The van der Waals surface area contributed by atoms with Crippen molar-refractivity contribution < 1.29 is 5.11 Å². The molecule has 0 aliphatic rings. The lowest BCUT2D eigenvalue weighted by atomic mass is 10.0. The zero-order valence-electron chi connectivity index (χ0n) is 12.7. The van der Waals surface area contributed by atoms with E-state index >= 15 is 0 Å². The van der Waals surface area contributed by atoms with Gasteiger partial charge in [-0.1, -0.05) is 31.2 Å². The lowest BCUT2D eigenvalue weighted by Crippen LogP contribution is -2.34. The first-order chi connectivity index (χ1) is 9.04. The Morgan fingerprint density at radius 2 is 1.84 bits per heavy atom. The second-order valence-electron chi connectivity index (χ2n) is 5.44. The van der Waals surface area contributed by atoms with Gasteiger partial charge in [0.1, 0.15) is 0 Å². The number of aliphatic hydroxyl groups is 1. The molecule has 0 heterocycles. The molecule has 0 spiro atoms. The number of hydrogen-bond acceptors (Lipinski definition) is 3. The van der Waals surface area contributed by atoms with Crippen molar-refractivity contribution in [1.29, 1.82) is 0 Å². The molecule has 2 unspecified atom stereocenters. The van der Waals surface area contributed by atoms with E-state index in [9.17, 15) is 5.11 Å². The first kappa shape index (κ1) is 16.2. The SMILES string of the molecule is CCc1ccc(C(O)C(C)NCCCN(C)C)cc1. The van der Waals surface area contributed by atoms with Crippen LogP contribution in [-0.2, 0) is 6.42 Å². The summed E-state index contributed by atoms with van der Waals surface area (Å²) in [5.41, 5.74) is 2.30. The van der Waals surface area contributed by atoms with E-state index in [1.165, 1.54) is 5.56 Å². The van der Waals surface area contributed by atoms with Gasteiger partial charge in [-0.25, -0.2) is 0 Å². The minimum atomic E-state index is -0.440. The molecule has 19 heavy (non-hydrogen) atoms. The van der Waals surface area contributed by atoms with Gasteiger partial charge in [0, 0.05) is 6.04 Å². The van der Waals surface area contributed by atoms with Crippen LogP contribution in [0.15, 0.2) is 24.3 Å². The monoisotopic (exact) mass is 264 g/mol. The molecule has 1 rings (SSSR count). The van der Waals surface area contributed by atoms with Crippen LogP contribution in [0.1, 0.15) is 37.5 Å². The van der Waals surface area contributed by atoms with E-state index in [0.717, 1.165) is 31.5 Å². The minimum absolute atomic E-state index is 0.0784. The number of nitrogens with zero attached hydrogens (tertiary/aromatic N) is 1. The van der Waals surface area contributed by atoms with Crippen molar-refractivity contribution in [1.82, 2.24) is 10.2 Å². The second-order valence-corrected chi connectivity index (χ2v) is 5.44. The molecule has 3 nitrogen and oxygen atoms in total. The van der Waals surface area contributed by atoms with Gasteiger partial charge in [0.25, 0.3) is 0 Å². The summed E-state index contributed by atoms with van der Waals surface area (Å²) in [6.45, 7) is 6.18. The third kappa shape index (κ3) is 5.72. The van der Waals surface area contributed by atoms with Crippen LogP contribution in [0.3, 0.4) is 0 Å². The average Bonchev–Trinajstić information content (AvgIpc) is 2.42. The maximum Gasteiger partial charge on any atom is 0.0940 e. The number of aliphatic hydroxyl groups excluding tert-OH is 1. The molecule has 2 N–H and O–H groups in total. The van der Waals surface area contributed by atoms with Crippen molar-refractivity contribution >= 4 is 0 Å². The number of hydrogen-bond donors (Lipinski definition) is 2. The van der Waals surface area contributed by atoms with Crippen LogP contribution >= 0.6 is 0 Å². The van der Waals surface area contributed by atoms with Gasteiger partial charge in [-0.15, -0.1) is 0 Å². The third-order valence-corrected chi connectivity index (χ3v) is 3.45. The van der Waals surface area contributed by atoms with Crippen LogP contribution in [-0.4, -0.2) is 43.2 Å². The first-order valence-corrected chi connectivity index (χ1v) is 7.19. The summed E-state index contributed by atoms with van der Waals surface area (Å²) >= 11 is 0. The molecule has 0 fully saturated rings. The summed E-state index contributed by atoms with van der Waals surface area (Å²) in [6.07, 6.45) is 1.69. The maximum absolute atomic E-state index is 10.3. The standard InChI is InChI=1S/C16H28N2O/c1-5-14-7-9-15(10-8-14)16(19)13(2)17-11-6-12-18(3)4/h7-10,13,16-17,19H,5-6,11-12H2,1-4H3. The fraction of sp³-hybridized carbons (Fsp3) is 0.625. The Labute approximate surface area is 117 Å². The highest BCUT2D eigenvalue weighted by atomic mass is 16.3. The van der Waals surface area contributed by atoms with Gasteiger partial charge in [-0.2, -0.15) is 0 Å². The van der Waals surface area contributed by atoms with Crippen LogP contribution < -0.4 is 5.32 Å². The Morgan fingerprint density at radius 1 is 1.21 bits per heavy atom. The molecule has 108 valence electrons. The Hall–Kier alpha value is -0.900. The van der Waals surface area contributed by atoms with Gasteiger partial charge >= 0.3 is 0 Å². The van der Waals surface area contributed by atoms with E-state index in [1.54, 1.807) is 0 Å². The molecule has 0 saturated heterocycles. The normalized spacial score (nSPS) is 14.6. The summed E-state index contributed by atoms with van der Waals surface area (Å²) in [6, 6.07) is 8.33. The Morgan fingerprint density at radius 3 is 2.37 bits per heavy atom. The molecule has 0 bridgehead atoms. The third-order valence-electron chi connectivity index (χ3n) is 3.45. The van der Waals surface area contributed by atoms with E-state index in [4.69, 9.17) is 0 Å². The van der Waals surface area contributed by atoms with Gasteiger partial charge in [0.2, 0.25) is 0 Å². The van der Waals surface area contributed by atoms with Crippen molar-refractivity contribution in [2.45, 2.75) is 38.8 Å². The van der Waals surface area contributed by atoms with E-state index in [-0.39, 0.29) is 6.04 Å². The Balaban J connectivity index is 2.40. The number of rotatable bonds is 8. The van der Waals surface area contributed by atoms with E-state index in [2.05, 4.69) is 43.4 Å². The lowest BCUT2D eigenvalue weighted by molar-refractivity contribution is 0.135. The Kier molecular flexibility index (Phi) is 7.06. The zero-order valence-corrected chi connectivity index (χ0v) is 12.7. The molecule has 3 heteroatoms. The molecule has 1 aromatic rings. The summed E-state index contributed by atoms with van der Waals surface area (Å²) in [5.74, 6) is 0. The van der Waals surface area contributed by atoms with E-state index < -0.39 is 6.10 Å². The predicted molar refractivity (Wildman–Crippen MR) is 81.4 cm³/mol. The van der Waals surface area contributed by atoms with Crippen LogP contribution in [0.4, 0.5) is 0 Å². The molecule has 0 saturated carbocycles. The van der Waals surface area contributed by atoms with Crippen molar-refractivity contribution in [2.24, 2.45) is 0 Å². The average molecular weight is 264 g/mol. The van der Waals surface area contributed by atoms with Crippen LogP contribution in [0.5, 0.6) is 0 Å². The number of aryl methyl sites for hydroxylation is 1. The zero-order chi connectivity index (χ0) is 14.3. The highest BCUT2D eigenvalue weighted by Gasteiger charge is 2.15. The summed E-state index contributed by atoms with van der Waals surface area (Å²) in [4.78, 5) is 2.17. The van der Waals surface area contributed by atoms with Gasteiger partial charge < -0.3 is 15.3 Å². The number of nitrogens with one attached hydrogen (secondary N) is 1. The topological polar surface area (TPSA) is 35.5 Å². The van der Waals surface area contributed by atoms with Crippen molar-refractivity contribution in [3.63, 3.8) is 0 Å². The fourth-order valence-corrected chi connectivity index (χ4v) is 2.08. The highest BCUT2D eigenvalue weighted by molar-refractivity contribution is 5.24. The summed E-state index contributed by atoms with van der Waals surface area (Å²) in [5, 5.41) is 13.7. The van der Waals surface area contributed by atoms with Crippen molar-refractivity contribution in [2.75, 3.05) is 27.2 Å². The van der Waals surface area contributed by atoms with Crippen molar-refractivity contribution in [3.8, 4) is 0 Å².